The highest BCUT2D eigenvalue weighted by Gasteiger charge is 2.73. The highest BCUT2D eigenvalue weighted by atomic mass is 32.2. The van der Waals surface area contributed by atoms with Gasteiger partial charge in [-0.05, 0) is 42.4 Å². The fourth-order valence-corrected chi connectivity index (χ4v) is 6.43. The van der Waals surface area contributed by atoms with Crippen LogP contribution in [0.5, 0.6) is 0 Å². The molecule has 3 saturated carbocycles. The van der Waals surface area contributed by atoms with Crippen molar-refractivity contribution >= 4 is 10.1 Å². The Hall–Kier alpha value is -0.130. The van der Waals surface area contributed by atoms with E-state index in [0.717, 1.165) is 12.8 Å². The molecule has 0 heterocycles. The predicted molar refractivity (Wildman–Crippen MR) is 63.0 cm³/mol. The summed E-state index contributed by atoms with van der Waals surface area (Å²) in [6.45, 7) is 4.13. The van der Waals surface area contributed by atoms with Gasteiger partial charge >= 0.3 is 0 Å². The van der Waals surface area contributed by atoms with E-state index in [0.29, 0.717) is 24.2 Å². The lowest BCUT2D eigenvalue weighted by Crippen LogP contribution is -2.56. The number of hydrogen-bond acceptors (Lipinski definition) is 3. The van der Waals surface area contributed by atoms with Crippen LogP contribution in [0.15, 0.2) is 0 Å². The lowest BCUT2D eigenvalue weighted by molar-refractivity contribution is -0.104. The van der Waals surface area contributed by atoms with E-state index in [2.05, 4.69) is 13.8 Å². The Kier molecular flexibility index (Phi) is 2.15. The molecule has 17 heavy (non-hydrogen) atoms. The fourth-order valence-electron chi connectivity index (χ4n) is 5.07. The lowest BCUT2D eigenvalue weighted by Gasteiger charge is -2.54. The molecule has 3 rings (SSSR count). The first-order valence-electron chi connectivity index (χ1n) is 6.32. The first-order chi connectivity index (χ1) is 7.69. The molecule has 0 aromatic carbocycles. The van der Waals surface area contributed by atoms with Gasteiger partial charge in [-0.1, -0.05) is 13.8 Å². The van der Waals surface area contributed by atoms with Crippen LogP contribution in [0.4, 0.5) is 0 Å². The van der Waals surface area contributed by atoms with Gasteiger partial charge in [0.05, 0.1) is 11.9 Å². The third kappa shape index (κ3) is 1.39. The van der Waals surface area contributed by atoms with Crippen LogP contribution < -0.4 is 0 Å². The number of hydrogen-bond donors (Lipinski definition) is 2. The summed E-state index contributed by atoms with van der Waals surface area (Å²) in [5.41, 5.74) is -0.831. The standard InChI is InChI=1S/C12H20O4S/c1-11(2)10-7-3-4-12(11,6-17(14,15)16)9(13)5-8(7)10/h7-10,13H,3-6H2,1-2H3,(H,14,15,16). The van der Waals surface area contributed by atoms with Gasteiger partial charge in [0.25, 0.3) is 10.1 Å². The molecule has 3 aliphatic rings. The van der Waals surface area contributed by atoms with Crippen LogP contribution in [0.2, 0.25) is 0 Å². The summed E-state index contributed by atoms with van der Waals surface area (Å²) < 4.78 is 31.8. The Bertz CT molecular complexity index is 455. The minimum Gasteiger partial charge on any atom is -0.392 e. The maximum Gasteiger partial charge on any atom is 0.265 e. The van der Waals surface area contributed by atoms with E-state index in [1.165, 1.54) is 0 Å². The predicted octanol–water partition coefficient (Wildman–Crippen LogP) is 1.31. The van der Waals surface area contributed by atoms with Gasteiger partial charge in [-0.25, -0.2) is 0 Å². The van der Waals surface area contributed by atoms with Crippen molar-refractivity contribution in [2.45, 2.75) is 39.2 Å². The van der Waals surface area contributed by atoms with Crippen LogP contribution in [0, 0.1) is 28.6 Å². The molecule has 5 unspecified atom stereocenters. The van der Waals surface area contributed by atoms with Gasteiger partial charge in [0.2, 0.25) is 0 Å². The first kappa shape index (κ1) is 11.9. The van der Waals surface area contributed by atoms with Crippen molar-refractivity contribution in [3.8, 4) is 0 Å². The van der Waals surface area contributed by atoms with E-state index >= 15 is 0 Å². The molecule has 2 bridgehead atoms. The van der Waals surface area contributed by atoms with E-state index < -0.39 is 21.6 Å². The molecule has 0 aromatic heterocycles. The maximum atomic E-state index is 11.3. The van der Waals surface area contributed by atoms with Crippen LogP contribution in [0.1, 0.15) is 33.1 Å². The Morgan fingerprint density at radius 3 is 2.53 bits per heavy atom. The van der Waals surface area contributed by atoms with Crippen molar-refractivity contribution in [1.29, 1.82) is 0 Å². The molecule has 0 saturated heterocycles. The minimum absolute atomic E-state index is 0.186. The van der Waals surface area contributed by atoms with Gasteiger partial charge in [-0.2, -0.15) is 8.42 Å². The molecule has 5 atom stereocenters. The second kappa shape index (κ2) is 3.06. The van der Waals surface area contributed by atoms with Gasteiger partial charge in [-0.3, -0.25) is 4.55 Å². The van der Waals surface area contributed by atoms with Gasteiger partial charge in [0.15, 0.2) is 0 Å². The molecule has 0 amide bonds. The topological polar surface area (TPSA) is 74.6 Å². The second-order valence-corrected chi connectivity index (χ2v) is 8.20. The summed E-state index contributed by atoms with van der Waals surface area (Å²) in [7, 11) is -4.04. The molecule has 0 aliphatic heterocycles. The SMILES string of the molecule is CC1(C)C2C3CCC1(CS(=O)(=O)O)C(O)CC32. The van der Waals surface area contributed by atoms with E-state index in [-0.39, 0.29) is 11.2 Å². The fraction of sp³-hybridized carbons (Fsp3) is 1.00. The summed E-state index contributed by atoms with van der Waals surface area (Å²) in [5, 5.41) is 10.4. The smallest absolute Gasteiger partial charge is 0.265 e. The molecule has 5 heteroatoms. The first-order valence-corrected chi connectivity index (χ1v) is 7.93. The molecule has 3 aliphatic carbocycles. The van der Waals surface area contributed by atoms with Crippen LogP contribution in [-0.2, 0) is 10.1 Å². The van der Waals surface area contributed by atoms with Gasteiger partial charge in [0.1, 0.15) is 0 Å². The van der Waals surface area contributed by atoms with Crippen LogP contribution >= 0.6 is 0 Å². The summed E-state index contributed by atoms with van der Waals surface area (Å²) in [6, 6.07) is 0. The molecule has 4 nitrogen and oxygen atoms in total. The quantitative estimate of drug-likeness (QED) is 0.734. The van der Waals surface area contributed by atoms with Crippen molar-refractivity contribution in [2.75, 3.05) is 5.75 Å². The Balaban J connectivity index is 2.05. The third-order valence-electron chi connectivity index (χ3n) is 5.95. The summed E-state index contributed by atoms with van der Waals surface area (Å²) in [6.07, 6.45) is 1.85. The molecule has 0 radical (unpaired) electrons. The van der Waals surface area contributed by atoms with E-state index in [1.54, 1.807) is 0 Å². The number of aliphatic hydroxyl groups excluding tert-OH is 1. The zero-order chi connectivity index (χ0) is 12.6. The number of rotatable bonds is 2. The zero-order valence-corrected chi connectivity index (χ0v) is 11.1. The Morgan fingerprint density at radius 1 is 1.29 bits per heavy atom. The monoisotopic (exact) mass is 260 g/mol. The highest BCUT2D eigenvalue weighted by Crippen LogP contribution is 2.75. The molecular formula is C12H20O4S. The van der Waals surface area contributed by atoms with Crippen molar-refractivity contribution < 1.29 is 18.1 Å². The average Bonchev–Trinajstić information content (AvgIpc) is 2.82. The van der Waals surface area contributed by atoms with Gasteiger partial charge in [-0.15, -0.1) is 0 Å². The van der Waals surface area contributed by atoms with Crippen LogP contribution in [0.3, 0.4) is 0 Å². The van der Waals surface area contributed by atoms with E-state index in [4.69, 9.17) is 0 Å². The van der Waals surface area contributed by atoms with Crippen LogP contribution in [0.25, 0.3) is 0 Å². The number of fused-ring (bicyclic) bond motifs is 2. The van der Waals surface area contributed by atoms with Crippen molar-refractivity contribution in [3.63, 3.8) is 0 Å². The van der Waals surface area contributed by atoms with Gasteiger partial charge in [0, 0.05) is 5.41 Å². The summed E-state index contributed by atoms with van der Waals surface area (Å²) in [4.78, 5) is 0. The van der Waals surface area contributed by atoms with Gasteiger partial charge < -0.3 is 5.11 Å². The molecule has 2 N–H and O–H groups in total. The van der Waals surface area contributed by atoms with Crippen molar-refractivity contribution in [1.82, 2.24) is 0 Å². The van der Waals surface area contributed by atoms with E-state index in [9.17, 15) is 18.1 Å². The number of aliphatic hydroxyl groups is 1. The molecule has 3 fully saturated rings. The summed E-state index contributed by atoms with van der Waals surface area (Å²) in [5.74, 6) is 1.51. The van der Waals surface area contributed by atoms with Crippen molar-refractivity contribution in [3.05, 3.63) is 0 Å². The molecule has 0 spiro atoms. The minimum atomic E-state index is -4.04. The second-order valence-electron chi connectivity index (χ2n) is 6.75. The lowest BCUT2D eigenvalue weighted by atomic mass is 9.53. The molecule has 98 valence electrons. The average molecular weight is 260 g/mol. The molecule has 0 aromatic rings. The highest BCUT2D eigenvalue weighted by molar-refractivity contribution is 7.85. The van der Waals surface area contributed by atoms with Crippen LogP contribution in [-0.4, -0.2) is 29.9 Å². The zero-order valence-electron chi connectivity index (χ0n) is 10.3. The summed E-state index contributed by atoms with van der Waals surface area (Å²) >= 11 is 0. The van der Waals surface area contributed by atoms with E-state index in [1.807, 2.05) is 0 Å². The normalized spacial score (nSPS) is 51.1. The van der Waals surface area contributed by atoms with Crippen molar-refractivity contribution in [2.24, 2.45) is 28.6 Å². The Labute approximate surface area is 102 Å². The largest absolute Gasteiger partial charge is 0.392 e. The maximum absolute atomic E-state index is 11.3. The third-order valence-corrected chi connectivity index (χ3v) is 6.83. The molecular weight excluding hydrogens is 240 g/mol. The Morgan fingerprint density at radius 2 is 1.94 bits per heavy atom.